The molecule has 0 atom stereocenters. The molecule has 3 amide bonds. The molecule has 3 rings (SSSR count). The van der Waals surface area contributed by atoms with Gasteiger partial charge in [0.2, 0.25) is 5.91 Å². The Balaban J connectivity index is 1.72. The molecular formula is C19H21N3O4S. The lowest BCUT2D eigenvalue weighted by atomic mass is 10.0. The average molecular weight is 387 g/mol. The van der Waals surface area contributed by atoms with Gasteiger partial charge in [0, 0.05) is 18.3 Å². The molecule has 27 heavy (non-hydrogen) atoms. The van der Waals surface area contributed by atoms with Crippen LogP contribution >= 0.6 is 11.3 Å². The fraction of sp³-hybridized carbons (Fsp3) is 0.316. The summed E-state index contributed by atoms with van der Waals surface area (Å²) in [6.07, 6.45) is 0.541. The molecule has 0 fully saturated rings. The monoisotopic (exact) mass is 387 g/mol. The number of amides is 3. The smallest absolute Gasteiger partial charge is 0.262 e. The van der Waals surface area contributed by atoms with Crippen LogP contribution in [0, 0.1) is 6.92 Å². The molecule has 1 aliphatic heterocycles. The molecule has 2 heterocycles. The summed E-state index contributed by atoms with van der Waals surface area (Å²) in [5.74, 6) is -0.390. The number of primary amides is 1. The second-order valence-electron chi connectivity index (χ2n) is 6.41. The minimum atomic E-state index is -0.585. The third-order valence-corrected chi connectivity index (χ3v) is 5.52. The van der Waals surface area contributed by atoms with Gasteiger partial charge in [-0.25, -0.2) is 0 Å². The van der Waals surface area contributed by atoms with Crippen LogP contribution in [0.1, 0.15) is 33.3 Å². The van der Waals surface area contributed by atoms with Crippen molar-refractivity contribution < 1.29 is 19.1 Å². The number of fused-ring (bicyclic) bond motifs is 1. The van der Waals surface area contributed by atoms with E-state index in [1.807, 2.05) is 19.1 Å². The molecular weight excluding hydrogens is 366 g/mol. The van der Waals surface area contributed by atoms with E-state index >= 15 is 0 Å². The highest BCUT2D eigenvalue weighted by Gasteiger charge is 2.28. The maximum atomic E-state index is 12.3. The lowest BCUT2D eigenvalue weighted by Crippen LogP contribution is -2.34. The van der Waals surface area contributed by atoms with Crippen molar-refractivity contribution in [1.82, 2.24) is 4.90 Å². The number of nitrogens with one attached hydrogen (secondary N) is 1. The molecule has 0 bridgehead atoms. The van der Waals surface area contributed by atoms with Crippen LogP contribution in [0.5, 0.6) is 5.75 Å². The number of thiophene rings is 1. The van der Waals surface area contributed by atoms with E-state index in [0.29, 0.717) is 35.8 Å². The Morgan fingerprint density at radius 3 is 2.59 bits per heavy atom. The quantitative estimate of drug-likeness (QED) is 0.820. The number of nitrogens with two attached hydrogens (primary N) is 1. The summed E-state index contributed by atoms with van der Waals surface area (Å²) in [6.45, 7) is 4.25. The molecule has 1 aromatic carbocycles. The first kappa shape index (κ1) is 18.9. The topological polar surface area (TPSA) is 102 Å². The van der Waals surface area contributed by atoms with Crippen LogP contribution in [0.15, 0.2) is 24.3 Å². The Morgan fingerprint density at radius 2 is 1.96 bits per heavy atom. The molecule has 142 valence electrons. The maximum Gasteiger partial charge on any atom is 0.262 e. The van der Waals surface area contributed by atoms with Gasteiger partial charge in [0.25, 0.3) is 11.8 Å². The van der Waals surface area contributed by atoms with Gasteiger partial charge in [-0.1, -0.05) is 17.7 Å². The molecule has 0 radical (unpaired) electrons. The fourth-order valence-corrected chi connectivity index (χ4v) is 4.25. The number of aryl methyl sites for hydroxylation is 1. The third kappa shape index (κ3) is 4.28. The molecule has 0 saturated heterocycles. The molecule has 0 unspecified atom stereocenters. The average Bonchev–Trinajstić information content (AvgIpc) is 2.98. The molecule has 0 aliphatic carbocycles. The fourth-order valence-electron chi connectivity index (χ4n) is 2.97. The standard InChI is InChI=1S/C19H21N3O4S/c1-11-3-5-13(6-4-11)26-10-16(24)21-19-17(18(20)25)14-7-8-22(12(2)23)9-15(14)27-19/h3-6H,7-10H2,1-2H3,(H2,20,25)(H,21,24). The van der Waals surface area contributed by atoms with Gasteiger partial charge in [0.15, 0.2) is 6.61 Å². The first-order valence-electron chi connectivity index (χ1n) is 8.54. The zero-order chi connectivity index (χ0) is 19.6. The van der Waals surface area contributed by atoms with Gasteiger partial charge in [-0.05, 0) is 31.0 Å². The number of nitrogens with zero attached hydrogens (tertiary/aromatic N) is 1. The number of anilines is 1. The number of hydrogen-bond donors (Lipinski definition) is 2. The van der Waals surface area contributed by atoms with E-state index in [9.17, 15) is 14.4 Å². The van der Waals surface area contributed by atoms with Crippen molar-refractivity contribution in [2.45, 2.75) is 26.8 Å². The van der Waals surface area contributed by atoms with Crippen LogP contribution in [0.2, 0.25) is 0 Å². The van der Waals surface area contributed by atoms with Crippen LogP contribution in [0.25, 0.3) is 0 Å². The molecule has 1 aliphatic rings. The number of ether oxygens (including phenoxy) is 1. The largest absolute Gasteiger partial charge is 0.484 e. The summed E-state index contributed by atoms with van der Waals surface area (Å²) >= 11 is 1.28. The van der Waals surface area contributed by atoms with Crippen molar-refractivity contribution in [3.05, 3.63) is 45.8 Å². The summed E-state index contributed by atoms with van der Waals surface area (Å²) in [5.41, 5.74) is 7.79. The van der Waals surface area contributed by atoms with E-state index < -0.39 is 5.91 Å². The SMILES string of the molecule is CC(=O)N1CCc2c(sc(NC(=O)COc3ccc(C)cc3)c2C(N)=O)C1. The zero-order valence-electron chi connectivity index (χ0n) is 15.2. The molecule has 7 nitrogen and oxygen atoms in total. The molecule has 1 aromatic heterocycles. The summed E-state index contributed by atoms with van der Waals surface area (Å²) in [5, 5.41) is 3.14. The first-order chi connectivity index (χ1) is 12.8. The van der Waals surface area contributed by atoms with E-state index in [1.165, 1.54) is 18.3 Å². The van der Waals surface area contributed by atoms with Gasteiger partial charge in [0.1, 0.15) is 10.8 Å². The number of carbonyl (C=O) groups is 3. The predicted octanol–water partition coefficient (Wildman–Crippen LogP) is 2.08. The van der Waals surface area contributed by atoms with Crippen molar-refractivity contribution in [2.75, 3.05) is 18.5 Å². The van der Waals surface area contributed by atoms with Crippen LogP contribution in [-0.2, 0) is 22.6 Å². The minimum Gasteiger partial charge on any atom is -0.484 e. The van der Waals surface area contributed by atoms with Gasteiger partial charge in [-0.15, -0.1) is 11.3 Å². The highest BCUT2D eigenvalue weighted by molar-refractivity contribution is 7.17. The van der Waals surface area contributed by atoms with Gasteiger partial charge in [-0.3, -0.25) is 14.4 Å². The highest BCUT2D eigenvalue weighted by Crippen LogP contribution is 2.36. The maximum absolute atomic E-state index is 12.3. The Labute approximate surface area is 161 Å². The molecule has 0 saturated carbocycles. The Kier molecular flexibility index (Phi) is 5.46. The predicted molar refractivity (Wildman–Crippen MR) is 103 cm³/mol. The van der Waals surface area contributed by atoms with Crippen LogP contribution in [0.4, 0.5) is 5.00 Å². The number of carbonyl (C=O) groups excluding carboxylic acids is 3. The lowest BCUT2D eigenvalue weighted by Gasteiger charge is -2.25. The van der Waals surface area contributed by atoms with Gasteiger partial charge in [-0.2, -0.15) is 0 Å². The summed E-state index contributed by atoms with van der Waals surface area (Å²) in [7, 11) is 0. The van der Waals surface area contributed by atoms with Gasteiger partial charge in [0.05, 0.1) is 12.1 Å². The summed E-state index contributed by atoms with van der Waals surface area (Å²) in [4.78, 5) is 38.4. The first-order valence-corrected chi connectivity index (χ1v) is 9.36. The van der Waals surface area contributed by atoms with Crippen molar-refractivity contribution in [3.63, 3.8) is 0 Å². The highest BCUT2D eigenvalue weighted by atomic mass is 32.1. The van der Waals surface area contributed by atoms with E-state index in [2.05, 4.69) is 5.32 Å². The molecule has 8 heteroatoms. The zero-order valence-corrected chi connectivity index (χ0v) is 16.0. The van der Waals surface area contributed by atoms with E-state index in [1.54, 1.807) is 17.0 Å². The van der Waals surface area contributed by atoms with E-state index in [4.69, 9.17) is 10.5 Å². The van der Waals surface area contributed by atoms with Crippen LogP contribution in [-0.4, -0.2) is 35.8 Å². The van der Waals surface area contributed by atoms with Crippen LogP contribution < -0.4 is 15.8 Å². The number of hydrogen-bond acceptors (Lipinski definition) is 5. The Hall–Kier alpha value is -2.87. The molecule has 2 aromatic rings. The summed E-state index contributed by atoms with van der Waals surface area (Å²) < 4.78 is 5.47. The van der Waals surface area contributed by atoms with Crippen molar-refractivity contribution in [3.8, 4) is 5.75 Å². The van der Waals surface area contributed by atoms with Crippen LogP contribution in [0.3, 0.4) is 0 Å². The number of rotatable bonds is 5. The van der Waals surface area contributed by atoms with Gasteiger partial charge < -0.3 is 20.7 Å². The van der Waals surface area contributed by atoms with Gasteiger partial charge >= 0.3 is 0 Å². The Morgan fingerprint density at radius 1 is 1.26 bits per heavy atom. The van der Waals surface area contributed by atoms with Crippen molar-refractivity contribution >= 4 is 34.1 Å². The van der Waals surface area contributed by atoms with E-state index in [0.717, 1.165) is 16.0 Å². The second-order valence-corrected chi connectivity index (χ2v) is 7.52. The lowest BCUT2D eigenvalue weighted by molar-refractivity contribution is -0.129. The third-order valence-electron chi connectivity index (χ3n) is 4.39. The second kappa shape index (κ2) is 7.79. The molecule has 3 N–H and O–H groups in total. The Bertz CT molecular complexity index is 889. The normalized spacial score (nSPS) is 13.0. The summed E-state index contributed by atoms with van der Waals surface area (Å²) in [6, 6.07) is 7.37. The van der Waals surface area contributed by atoms with E-state index in [-0.39, 0.29) is 18.4 Å². The molecule has 0 spiro atoms. The van der Waals surface area contributed by atoms with Crippen molar-refractivity contribution in [2.24, 2.45) is 5.73 Å². The minimum absolute atomic E-state index is 0.0215. The number of benzene rings is 1. The van der Waals surface area contributed by atoms with Crippen molar-refractivity contribution in [1.29, 1.82) is 0 Å².